The van der Waals surface area contributed by atoms with Crippen LogP contribution >= 0.6 is 11.8 Å². The van der Waals surface area contributed by atoms with Crippen molar-refractivity contribution in [1.29, 1.82) is 0 Å². The maximum Gasteiger partial charge on any atom is 0.262 e. The van der Waals surface area contributed by atoms with E-state index in [2.05, 4.69) is 41.4 Å². The van der Waals surface area contributed by atoms with Crippen molar-refractivity contribution in [2.24, 2.45) is 12.2 Å². The molecule has 1 unspecified atom stereocenters. The van der Waals surface area contributed by atoms with Crippen LogP contribution in [0.2, 0.25) is 0 Å². The molecule has 2 aromatic rings. The monoisotopic (exact) mass is 345 g/mol. The number of oxime groups is 1. The highest BCUT2D eigenvalue weighted by Crippen LogP contribution is 2.32. The van der Waals surface area contributed by atoms with Crippen LogP contribution in [0.4, 0.5) is 0 Å². The maximum atomic E-state index is 6.15. The van der Waals surface area contributed by atoms with Gasteiger partial charge in [-0.05, 0) is 31.0 Å². The fourth-order valence-electron chi connectivity index (χ4n) is 2.55. The Balaban J connectivity index is 1.87. The molecule has 1 aliphatic rings. The Labute approximate surface area is 147 Å². The second-order valence-electron chi connectivity index (χ2n) is 6.24. The first kappa shape index (κ1) is 16.9. The molecule has 0 spiro atoms. The van der Waals surface area contributed by atoms with Crippen LogP contribution in [-0.4, -0.2) is 27.9 Å². The van der Waals surface area contributed by atoms with Gasteiger partial charge in [0.05, 0.1) is 11.3 Å². The predicted molar refractivity (Wildman–Crippen MR) is 96.2 cm³/mol. The van der Waals surface area contributed by atoms with Gasteiger partial charge in [0, 0.05) is 12.8 Å². The van der Waals surface area contributed by atoms with Crippen LogP contribution in [0, 0.1) is 6.92 Å². The van der Waals surface area contributed by atoms with Gasteiger partial charge in [-0.3, -0.25) is 4.68 Å². The first-order chi connectivity index (χ1) is 11.5. The molecule has 0 saturated heterocycles. The maximum absolute atomic E-state index is 6.15. The van der Waals surface area contributed by atoms with Gasteiger partial charge >= 0.3 is 0 Å². The van der Waals surface area contributed by atoms with Crippen LogP contribution in [0.25, 0.3) is 0 Å². The van der Waals surface area contributed by atoms with Crippen molar-refractivity contribution >= 4 is 17.7 Å². The van der Waals surface area contributed by atoms with Gasteiger partial charge < -0.3 is 9.57 Å². The highest BCUT2D eigenvalue weighted by atomic mass is 32.2. The fourth-order valence-corrected chi connectivity index (χ4v) is 3.66. The van der Waals surface area contributed by atoms with Crippen molar-refractivity contribution in [2.45, 2.75) is 43.6 Å². The van der Waals surface area contributed by atoms with Crippen LogP contribution < -0.4 is 0 Å². The van der Waals surface area contributed by atoms with E-state index in [1.165, 1.54) is 5.56 Å². The topological polar surface area (TPSA) is 48.6 Å². The standard InChI is InChI=1S/C18H23N3O2S/c1-5-18(3)12-22-20-16(23-18)15-13(2)19-21(4)17(15)24-11-14-9-7-6-8-10-14/h6-10H,5,11-12H2,1-4H3. The zero-order valence-corrected chi connectivity index (χ0v) is 15.4. The van der Waals surface area contributed by atoms with E-state index in [1.54, 1.807) is 11.8 Å². The Morgan fingerprint density at radius 2 is 2.04 bits per heavy atom. The van der Waals surface area contributed by atoms with Crippen molar-refractivity contribution < 1.29 is 9.57 Å². The molecule has 1 atom stereocenters. The lowest BCUT2D eigenvalue weighted by molar-refractivity contribution is -0.0563. The largest absolute Gasteiger partial charge is 0.465 e. The smallest absolute Gasteiger partial charge is 0.262 e. The van der Waals surface area contributed by atoms with Gasteiger partial charge in [-0.1, -0.05) is 37.3 Å². The number of aromatic nitrogens is 2. The van der Waals surface area contributed by atoms with E-state index in [0.717, 1.165) is 28.5 Å². The molecule has 24 heavy (non-hydrogen) atoms. The SMILES string of the molecule is CCC1(C)CON=C(c2c(C)nn(C)c2SCc2ccccc2)O1. The second kappa shape index (κ2) is 6.89. The van der Waals surface area contributed by atoms with Crippen LogP contribution in [0.3, 0.4) is 0 Å². The van der Waals surface area contributed by atoms with Gasteiger partial charge in [-0.2, -0.15) is 5.10 Å². The van der Waals surface area contributed by atoms with Crippen LogP contribution in [-0.2, 0) is 22.4 Å². The molecule has 5 nitrogen and oxygen atoms in total. The van der Waals surface area contributed by atoms with E-state index < -0.39 is 0 Å². The summed E-state index contributed by atoms with van der Waals surface area (Å²) < 4.78 is 8.05. The van der Waals surface area contributed by atoms with Crippen LogP contribution in [0.1, 0.15) is 37.1 Å². The molecule has 0 fully saturated rings. The Morgan fingerprint density at radius 3 is 2.75 bits per heavy atom. The van der Waals surface area contributed by atoms with Crippen molar-refractivity contribution in [3.05, 3.63) is 47.2 Å². The summed E-state index contributed by atoms with van der Waals surface area (Å²) in [7, 11) is 1.95. The number of ether oxygens (including phenoxy) is 1. The Kier molecular flexibility index (Phi) is 4.85. The molecule has 0 amide bonds. The lowest BCUT2D eigenvalue weighted by Gasteiger charge is -2.32. The summed E-state index contributed by atoms with van der Waals surface area (Å²) in [5.74, 6) is 1.40. The summed E-state index contributed by atoms with van der Waals surface area (Å²) in [5.41, 5.74) is 2.75. The van der Waals surface area contributed by atoms with Crippen molar-refractivity contribution in [2.75, 3.05) is 6.61 Å². The number of hydrogen-bond acceptors (Lipinski definition) is 5. The third-order valence-electron chi connectivity index (χ3n) is 4.21. The van der Waals surface area contributed by atoms with Crippen molar-refractivity contribution in [3.63, 3.8) is 0 Å². The van der Waals surface area contributed by atoms with Crippen LogP contribution in [0.15, 0.2) is 40.5 Å². The van der Waals surface area contributed by atoms with E-state index in [1.807, 2.05) is 31.6 Å². The molecule has 6 heteroatoms. The van der Waals surface area contributed by atoms with Gasteiger partial charge in [0.25, 0.3) is 5.90 Å². The summed E-state index contributed by atoms with van der Waals surface area (Å²) in [4.78, 5) is 5.44. The zero-order chi connectivity index (χ0) is 17.2. The third kappa shape index (κ3) is 3.43. The van der Waals surface area contributed by atoms with E-state index >= 15 is 0 Å². The molecule has 1 aliphatic heterocycles. The number of hydrogen-bond donors (Lipinski definition) is 0. The highest BCUT2D eigenvalue weighted by Gasteiger charge is 2.34. The van der Waals surface area contributed by atoms with E-state index in [-0.39, 0.29) is 5.60 Å². The van der Waals surface area contributed by atoms with Gasteiger partial charge in [-0.25, -0.2) is 0 Å². The number of benzene rings is 1. The Bertz CT molecular complexity index is 742. The average molecular weight is 345 g/mol. The molecule has 1 aromatic carbocycles. The summed E-state index contributed by atoms with van der Waals surface area (Å²) in [6, 6.07) is 10.4. The van der Waals surface area contributed by atoms with E-state index in [4.69, 9.17) is 9.57 Å². The molecule has 128 valence electrons. The lowest BCUT2D eigenvalue weighted by Crippen LogP contribution is -2.39. The molecule has 2 heterocycles. The predicted octanol–water partition coefficient (Wildman–Crippen LogP) is 3.90. The molecular weight excluding hydrogens is 322 g/mol. The molecule has 0 saturated carbocycles. The first-order valence-electron chi connectivity index (χ1n) is 8.12. The van der Waals surface area contributed by atoms with Gasteiger partial charge in [-0.15, -0.1) is 11.8 Å². The second-order valence-corrected chi connectivity index (χ2v) is 7.20. The third-order valence-corrected chi connectivity index (χ3v) is 5.43. The number of aryl methyl sites for hydroxylation is 2. The number of thioether (sulfide) groups is 1. The lowest BCUT2D eigenvalue weighted by atomic mass is 10.0. The molecule has 1 aromatic heterocycles. The average Bonchev–Trinajstić information content (AvgIpc) is 2.87. The molecular formula is C18H23N3O2S. The molecule has 0 aliphatic carbocycles. The van der Waals surface area contributed by atoms with Crippen LogP contribution in [0.5, 0.6) is 0 Å². The Morgan fingerprint density at radius 1 is 1.29 bits per heavy atom. The minimum Gasteiger partial charge on any atom is -0.465 e. The minimum absolute atomic E-state index is 0.346. The highest BCUT2D eigenvalue weighted by molar-refractivity contribution is 7.98. The summed E-state index contributed by atoms with van der Waals surface area (Å²) in [6.07, 6.45) is 0.859. The summed E-state index contributed by atoms with van der Waals surface area (Å²) in [6.45, 7) is 6.59. The Hall–Kier alpha value is -1.95. The molecule has 0 bridgehead atoms. The summed E-state index contributed by atoms with van der Waals surface area (Å²) >= 11 is 1.73. The zero-order valence-electron chi connectivity index (χ0n) is 14.6. The van der Waals surface area contributed by atoms with E-state index in [9.17, 15) is 0 Å². The van der Waals surface area contributed by atoms with Crippen molar-refractivity contribution in [3.8, 4) is 0 Å². The molecule has 0 radical (unpaired) electrons. The van der Waals surface area contributed by atoms with Crippen molar-refractivity contribution in [1.82, 2.24) is 9.78 Å². The minimum atomic E-state index is -0.346. The quantitative estimate of drug-likeness (QED) is 0.771. The summed E-state index contributed by atoms with van der Waals surface area (Å²) in [5, 5.41) is 9.75. The first-order valence-corrected chi connectivity index (χ1v) is 9.10. The van der Waals surface area contributed by atoms with Gasteiger partial charge in [0.15, 0.2) is 6.61 Å². The normalized spacial score (nSPS) is 20.2. The number of nitrogens with zero attached hydrogens (tertiary/aromatic N) is 3. The van der Waals surface area contributed by atoms with E-state index in [0.29, 0.717) is 12.5 Å². The molecule has 3 rings (SSSR count). The molecule has 0 N–H and O–H groups in total. The number of rotatable bonds is 5. The van der Waals surface area contributed by atoms with Gasteiger partial charge in [0.1, 0.15) is 10.6 Å². The fraction of sp³-hybridized carbons (Fsp3) is 0.444. The van der Waals surface area contributed by atoms with Gasteiger partial charge in [0.2, 0.25) is 0 Å².